The zero-order valence-corrected chi connectivity index (χ0v) is 18.4. The molecule has 1 aliphatic heterocycles. The van der Waals surface area contributed by atoms with Gasteiger partial charge in [-0.3, -0.25) is 9.59 Å². The predicted octanol–water partition coefficient (Wildman–Crippen LogP) is 3.24. The molecular weight excluding hydrogens is 433 g/mol. The van der Waals surface area contributed by atoms with Crippen molar-refractivity contribution in [3.8, 4) is 0 Å². The monoisotopic (exact) mass is 457 g/mol. The molecule has 1 saturated heterocycles. The van der Waals surface area contributed by atoms with E-state index in [9.17, 15) is 18.8 Å². The first kappa shape index (κ1) is 23.3. The number of benzene rings is 2. The zero-order chi connectivity index (χ0) is 23.1. The normalized spacial score (nSPS) is 14.2. The SMILES string of the molecule is CC(=CC(=O)Nc1ccc(SCC(=O)N2CCN(c3ccc(F)cc3)CC2)cc1)C(=O)O. The fraction of sp³-hybridized carbons (Fsp3) is 0.261. The van der Waals surface area contributed by atoms with E-state index in [0.717, 1.165) is 16.7 Å². The summed E-state index contributed by atoms with van der Waals surface area (Å²) in [6, 6.07) is 13.4. The van der Waals surface area contributed by atoms with Crippen LogP contribution in [0.3, 0.4) is 0 Å². The van der Waals surface area contributed by atoms with E-state index in [1.54, 1.807) is 36.4 Å². The van der Waals surface area contributed by atoms with E-state index in [0.29, 0.717) is 37.6 Å². The van der Waals surface area contributed by atoms with Crippen molar-refractivity contribution in [2.24, 2.45) is 0 Å². The second-order valence-corrected chi connectivity index (χ2v) is 8.33. The van der Waals surface area contributed by atoms with E-state index in [2.05, 4.69) is 10.2 Å². The second-order valence-electron chi connectivity index (χ2n) is 7.28. The van der Waals surface area contributed by atoms with Crippen molar-refractivity contribution in [1.82, 2.24) is 4.90 Å². The molecule has 0 radical (unpaired) electrons. The van der Waals surface area contributed by atoms with Gasteiger partial charge in [-0.25, -0.2) is 9.18 Å². The minimum Gasteiger partial charge on any atom is -0.478 e. The Balaban J connectivity index is 1.44. The van der Waals surface area contributed by atoms with Gasteiger partial charge in [-0.1, -0.05) is 0 Å². The van der Waals surface area contributed by atoms with Crippen LogP contribution in [-0.2, 0) is 14.4 Å². The first-order valence-corrected chi connectivity index (χ1v) is 11.0. The number of hydrogen-bond acceptors (Lipinski definition) is 5. The van der Waals surface area contributed by atoms with Crippen molar-refractivity contribution in [3.63, 3.8) is 0 Å². The number of amides is 2. The Hall–Kier alpha value is -3.33. The molecule has 9 heteroatoms. The number of hydrogen-bond donors (Lipinski definition) is 2. The molecule has 0 atom stereocenters. The highest BCUT2D eigenvalue weighted by atomic mass is 32.2. The number of rotatable bonds is 7. The fourth-order valence-corrected chi connectivity index (χ4v) is 3.97. The summed E-state index contributed by atoms with van der Waals surface area (Å²) in [5, 5.41) is 11.4. The number of piperazine rings is 1. The molecular formula is C23H24FN3O4S. The van der Waals surface area contributed by atoms with Crippen molar-refractivity contribution in [3.05, 3.63) is 66.0 Å². The van der Waals surface area contributed by atoms with Gasteiger partial charge in [0.15, 0.2) is 0 Å². The molecule has 2 amide bonds. The Morgan fingerprint density at radius 1 is 1.03 bits per heavy atom. The molecule has 2 aromatic carbocycles. The maximum Gasteiger partial charge on any atom is 0.331 e. The molecule has 0 aromatic heterocycles. The summed E-state index contributed by atoms with van der Waals surface area (Å²) in [7, 11) is 0. The Kier molecular flexibility index (Phi) is 7.88. The van der Waals surface area contributed by atoms with Crippen molar-refractivity contribution < 1.29 is 23.9 Å². The van der Waals surface area contributed by atoms with Crippen molar-refractivity contribution in [2.75, 3.05) is 42.1 Å². The number of aliphatic carboxylic acids is 1. The lowest BCUT2D eigenvalue weighted by molar-refractivity contribution is -0.133. The fourth-order valence-electron chi connectivity index (χ4n) is 3.17. The molecule has 2 N–H and O–H groups in total. The summed E-state index contributed by atoms with van der Waals surface area (Å²) in [5.74, 6) is -1.56. The van der Waals surface area contributed by atoms with Crippen molar-refractivity contribution >= 4 is 40.9 Å². The molecule has 1 heterocycles. The van der Waals surface area contributed by atoms with Crippen LogP contribution in [0.15, 0.2) is 65.1 Å². The smallest absolute Gasteiger partial charge is 0.331 e. The van der Waals surface area contributed by atoms with E-state index in [-0.39, 0.29) is 17.3 Å². The first-order valence-electron chi connectivity index (χ1n) is 10.1. The Bertz CT molecular complexity index is 1000. The summed E-state index contributed by atoms with van der Waals surface area (Å²) in [4.78, 5) is 40.0. The lowest BCUT2D eigenvalue weighted by atomic mass is 10.2. The van der Waals surface area contributed by atoms with Gasteiger partial charge >= 0.3 is 5.97 Å². The van der Waals surface area contributed by atoms with Gasteiger partial charge in [-0.05, 0) is 55.5 Å². The number of carboxylic acids is 1. The lowest BCUT2D eigenvalue weighted by Gasteiger charge is -2.36. The highest BCUT2D eigenvalue weighted by molar-refractivity contribution is 8.00. The van der Waals surface area contributed by atoms with E-state index in [1.165, 1.54) is 30.8 Å². The summed E-state index contributed by atoms with van der Waals surface area (Å²) < 4.78 is 13.1. The quantitative estimate of drug-likeness (QED) is 0.490. The third-order valence-electron chi connectivity index (χ3n) is 4.99. The van der Waals surface area contributed by atoms with Gasteiger partial charge in [0.1, 0.15) is 5.82 Å². The van der Waals surface area contributed by atoms with E-state index in [4.69, 9.17) is 5.11 Å². The van der Waals surface area contributed by atoms with Crippen LogP contribution in [0.25, 0.3) is 0 Å². The average molecular weight is 458 g/mol. The molecule has 7 nitrogen and oxygen atoms in total. The number of thioether (sulfide) groups is 1. The van der Waals surface area contributed by atoms with Gasteiger partial charge in [0, 0.05) is 54.1 Å². The molecule has 2 aromatic rings. The number of nitrogens with zero attached hydrogens (tertiary/aromatic N) is 2. The molecule has 1 fully saturated rings. The molecule has 3 rings (SSSR count). The van der Waals surface area contributed by atoms with Gasteiger partial charge < -0.3 is 20.2 Å². The van der Waals surface area contributed by atoms with Gasteiger partial charge in [-0.2, -0.15) is 0 Å². The standard InChI is InChI=1S/C23H24FN3O4S/c1-16(23(30)31)14-21(28)25-18-4-8-20(9-5-18)32-15-22(29)27-12-10-26(11-13-27)19-6-2-17(24)3-7-19/h2-9,14H,10-13,15H2,1H3,(H,25,28)(H,30,31). The largest absolute Gasteiger partial charge is 0.478 e. The molecule has 168 valence electrons. The maximum atomic E-state index is 13.1. The molecule has 32 heavy (non-hydrogen) atoms. The van der Waals surface area contributed by atoms with E-state index >= 15 is 0 Å². The van der Waals surface area contributed by atoms with Crippen LogP contribution >= 0.6 is 11.8 Å². The van der Waals surface area contributed by atoms with Gasteiger partial charge in [0.05, 0.1) is 5.75 Å². The zero-order valence-electron chi connectivity index (χ0n) is 17.6. The minimum absolute atomic E-state index is 0.0494. The Labute approximate surface area is 189 Å². The minimum atomic E-state index is -1.14. The molecule has 0 bridgehead atoms. The Morgan fingerprint density at radius 3 is 2.25 bits per heavy atom. The Morgan fingerprint density at radius 2 is 1.66 bits per heavy atom. The molecule has 0 unspecified atom stereocenters. The molecule has 0 saturated carbocycles. The van der Waals surface area contributed by atoms with Crippen LogP contribution in [0.4, 0.5) is 15.8 Å². The summed E-state index contributed by atoms with van der Waals surface area (Å²) in [6.07, 6.45) is 1.03. The number of carboxylic acid groups (broad SMARTS) is 1. The number of carbonyl (C=O) groups is 3. The number of carbonyl (C=O) groups excluding carboxylic acids is 2. The van der Waals surface area contributed by atoms with Crippen LogP contribution in [-0.4, -0.2) is 59.7 Å². The predicted molar refractivity (Wildman–Crippen MR) is 122 cm³/mol. The summed E-state index contributed by atoms with van der Waals surface area (Å²) in [6.45, 7) is 3.98. The average Bonchev–Trinajstić information content (AvgIpc) is 2.79. The van der Waals surface area contributed by atoms with Crippen molar-refractivity contribution in [2.45, 2.75) is 11.8 Å². The number of anilines is 2. The molecule has 0 spiro atoms. The van der Waals surface area contributed by atoms with E-state index < -0.39 is 11.9 Å². The van der Waals surface area contributed by atoms with Gasteiger partial charge in [0.2, 0.25) is 11.8 Å². The van der Waals surface area contributed by atoms with Crippen LogP contribution in [0.1, 0.15) is 6.92 Å². The van der Waals surface area contributed by atoms with Crippen molar-refractivity contribution in [1.29, 1.82) is 0 Å². The summed E-state index contributed by atoms with van der Waals surface area (Å²) in [5.41, 5.74) is 1.44. The maximum absolute atomic E-state index is 13.1. The van der Waals surface area contributed by atoms with Crippen LogP contribution < -0.4 is 10.2 Å². The van der Waals surface area contributed by atoms with Crippen LogP contribution in [0.2, 0.25) is 0 Å². The third-order valence-corrected chi connectivity index (χ3v) is 5.99. The summed E-state index contributed by atoms with van der Waals surface area (Å²) >= 11 is 1.41. The topological polar surface area (TPSA) is 90.0 Å². The second kappa shape index (κ2) is 10.8. The first-order chi connectivity index (χ1) is 15.3. The van der Waals surface area contributed by atoms with Gasteiger partial charge in [0.25, 0.3) is 0 Å². The van der Waals surface area contributed by atoms with Crippen LogP contribution in [0.5, 0.6) is 0 Å². The molecule has 0 aliphatic carbocycles. The number of nitrogens with one attached hydrogen (secondary N) is 1. The highest BCUT2D eigenvalue weighted by Crippen LogP contribution is 2.22. The van der Waals surface area contributed by atoms with Crippen LogP contribution in [0, 0.1) is 5.82 Å². The highest BCUT2D eigenvalue weighted by Gasteiger charge is 2.21. The lowest BCUT2D eigenvalue weighted by Crippen LogP contribution is -2.49. The number of halogens is 1. The third kappa shape index (κ3) is 6.58. The van der Waals surface area contributed by atoms with E-state index in [1.807, 2.05) is 4.90 Å². The molecule has 1 aliphatic rings. The van der Waals surface area contributed by atoms with Gasteiger partial charge in [-0.15, -0.1) is 11.8 Å².